The summed E-state index contributed by atoms with van der Waals surface area (Å²) in [6.45, 7) is 8.50. The van der Waals surface area contributed by atoms with E-state index in [0.29, 0.717) is 24.2 Å². The van der Waals surface area contributed by atoms with Gasteiger partial charge in [-0.05, 0) is 24.5 Å². The molecule has 6 nitrogen and oxygen atoms in total. The molecule has 1 atom stereocenters. The minimum Gasteiger partial charge on any atom is -0.379 e. The Balaban J connectivity index is 1.57. The molecular formula is C19H27N3O3. The molecular weight excluding hydrogens is 318 g/mol. The van der Waals surface area contributed by atoms with E-state index in [1.807, 2.05) is 24.3 Å². The van der Waals surface area contributed by atoms with E-state index in [1.165, 1.54) is 0 Å². The quantitative estimate of drug-likeness (QED) is 0.833. The number of nitrogens with zero attached hydrogens (tertiary/aromatic N) is 2. The molecule has 1 saturated heterocycles. The lowest BCUT2D eigenvalue weighted by atomic mass is 10.0. The van der Waals surface area contributed by atoms with E-state index in [9.17, 15) is 4.79 Å². The average molecular weight is 345 g/mol. The highest BCUT2D eigenvalue weighted by molar-refractivity contribution is 5.86. The smallest absolute Gasteiger partial charge is 0.226 e. The van der Waals surface area contributed by atoms with E-state index < -0.39 is 0 Å². The minimum atomic E-state index is -0.0129. The first kappa shape index (κ1) is 17.9. The summed E-state index contributed by atoms with van der Waals surface area (Å²) in [5, 5.41) is 8.03. The van der Waals surface area contributed by atoms with Gasteiger partial charge in [0, 0.05) is 31.1 Å². The molecule has 1 amide bonds. The van der Waals surface area contributed by atoms with E-state index in [0.717, 1.165) is 43.7 Å². The molecule has 1 fully saturated rings. The summed E-state index contributed by atoms with van der Waals surface area (Å²) in [6, 6.07) is 7.97. The Morgan fingerprint density at radius 1 is 1.28 bits per heavy atom. The Kier molecular flexibility index (Phi) is 6.04. The highest BCUT2D eigenvalue weighted by atomic mass is 16.5. The summed E-state index contributed by atoms with van der Waals surface area (Å²) < 4.78 is 10.7. The second-order valence-corrected chi connectivity index (χ2v) is 7.04. The number of carbonyl (C=O) groups is 1. The maximum atomic E-state index is 12.4. The normalized spacial score (nSPS) is 17.1. The van der Waals surface area contributed by atoms with Gasteiger partial charge in [-0.1, -0.05) is 31.1 Å². The van der Waals surface area contributed by atoms with E-state index in [1.54, 1.807) is 0 Å². The third-order valence-electron chi connectivity index (χ3n) is 4.62. The number of hydrogen-bond acceptors (Lipinski definition) is 5. The van der Waals surface area contributed by atoms with Crippen LogP contribution in [0, 0.1) is 5.92 Å². The van der Waals surface area contributed by atoms with Gasteiger partial charge in [0.2, 0.25) is 5.91 Å². The summed E-state index contributed by atoms with van der Waals surface area (Å²) in [7, 11) is 0. The van der Waals surface area contributed by atoms with Crippen molar-refractivity contribution >= 4 is 16.9 Å². The molecule has 0 bridgehead atoms. The molecule has 1 aromatic carbocycles. The molecule has 2 aromatic rings. The zero-order valence-electron chi connectivity index (χ0n) is 15.0. The van der Waals surface area contributed by atoms with E-state index in [-0.39, 0.29) is 12.3 Å². The predicted octanol–water partition coefficient (Wildman–Crippen LogP) is 2.23. The van der Waals surface area contributed by atoms with Crippen molar-refractivity contribution in [3.63, 3.8) is 0 Å². The molecule has 1 aromatic heterocycles. The number of rotatable bonds is 7. The first-order chi connectivity index (χ1) is 12.1. The Morgan fingerprint density at radius 2 is 2.04 bits per heavy atom. The Labute approximate surface area is 148 Å². The molecule has 25 heavy (non-hydrogen) atoms. The molecule has 2 heterocycles. The van der Waals surface area contributed by atoms with Crippen LogP contribution in [0.15, 0.2) is 28.8 Å². The van der Waals surface area contributed by atoms with Crippen LogP contribution in [-0.4, -0.2) is 54.9 Å². The van der Waals surface area contributed by atoms with Gasteiger partial charge in [0.25, 0.3) is 0 Å². The molecule has 136 valence electrons. The van der Waals surface area contributed by atoms with Crippen molar-refractivity contribution in [2.24, 2.45) is 5.92 Å². The Hall–Kier alpha value is -1.92. The fourth-order valence-corrected chi connectivity index (χ4v) is 3.36. The molecule has 1 unspecified atom stereocenters. The van der Waals surface area contributed by atoms with Crippen LogP contribution >= 0.6 is 0 Å². The molecule has 0 spiro atoms. The number of amides is 1. The molecule has 3 rings (SSSR count). The molecule has 0 aliphatic carbocycles. The van der Waals surface area contributed by atoms with Crippen molar-refractivity contribution in [1.82, 2.24) is 15.4 Å². The zero-order valence-corrected chi connectivity index (χ0v) is 15.0. The van der Waals surface area contributed by atoms with Crippen LogP contribution in [0.4, 0.5) is 0 Å². The number of benzene rings is 1. The molecule has 0 radical (unpaired) electrons. The number of carbonyl (C=O) groups excluding carboxylic acids is 1. The van der Waals surface area contributed by atoms with Gasteiger partial charge in [0.05, 0.1) is 19.6 Å². The van der Waals surface area contributed by atoms with Gasteiger partial charge in [0.15, 0.2) is 5.58 Å². The van der Waals surface area contributed by atoms with Crippen molar-refractivity contribution in [3.05, 3.63) is 30.0 Å². The zero-order chi connectivity index (χ0) is 17.6. The van der Waals surface area contributed by atoms with Crippen LogP contribution in [0.5, 0.6) is 0 Å². The van der Waals surface area contributed by atoms with Gasteiger partial charge < -0.3 is 14.6 Å². The fraction of sp³-hybridized carbons (Fsp3) is 0.579. The maximum Gasteiger partial charge on any atom is 0.226 e. The fourth-order valence-electron chi connectivity index (χ4n) is 3.36. The largest absolute Gasteiger partial charge is 0.379 e. The van der Waals surface area contributed by atoms with Gasteiger partial charge >= 0.3 is 0 Å². The summed E-state index contributed by atoms with van der Waals surface area (Å²) in [5.74, 6) is 0.574. The van der Waals surface area contributed by atoms with Crippen molar-refractivity contribution in [2.45, 2.75) is 32.7 Å². The molecule has 0 saturated carbocycles. The van der Waals surface area contributed by atoms with Gasteiger partial charge in [-0.2, -0.15) is 0 Å². The van der Waals surface area contributed by atoms with Gasteiger partial charge in [0.1, 0.15) is 5.69 Å². The summed E-state index contributed by atoms with van der Waals surface area (Å²) in [5.41, 5.74) is 1.41. The van der Waals surface area contributed by atoms with Crippen LogP contribution < -0.4 is 5.32 Å². The van der Waals surface area contributed by atoms with Gasteiger partial charge in [-0.15, -0.1) is 0 Å². The van der Waals surface area contributed by atoms with Crippen LogP contribution in [-0.2, 0) is 16.0 Å². The molecule has 1 aliphatic rings. The van der Waals surface area contributed by atoms with E-state index in [2.05, 4.69) is 29.2 Å². The lowest BCUT2D eigenvalue weighted by Gasteiger charge is -2.35. The average Bonchev–Trinajstić information content (AvgIpc) is 3.02. The third kappa shape index (κ3) is 4.80. The monoisotopic (exact) mass is 345 g/mol. The molecule has 6 heteroatoms. The van der Waals surface area contributed by atoms with Crippen LogP contribution in [0.25, 0.3) is 11.0 Å². The number of para-hydroxylation sites is 1. The standard InChI is InChI=1S/C19H27N3O3/c1-14(2)11-15(22-7-9-24-10-8-22)13-20-19(23)12-17-16-5-3-4-6-18(16)25-21-17/h3-6,14-15H,7-13H2,1-2H3,(H,20,23). The predicted molar refractivity (Wildman–Crippen MR) is 96.4 cm³/mol. The third-order valence-corrected chi connectivity index (χ3v) is 4.62. The number of morpholine rings is 1. The summed E-state index contributed by atoms with van der Waals surface area (Å²) >= 11 is 0. The van der Waals surface area contributed by atoms with Crippen molar-refractivity contribution in [2.75, 3.05) is 32.8 Å². The minimum absolute atomic E-state index is 0.0129. The van der Waals surface area contributed by atoms with Crippen LogP contribution in [0.1, 0.15) is 26.0 Å². The number of aromatic nitrogens is 1. The number of fused-ring (bicyclic) bond motifs is 1. The van der Waals surface area contributed by atoms with Crippen molar-refractivity contribution < 1.29 is 14.1 Å². The molecule has 1 aliphatic heterocycles. The Bertz CT molecular complexity index is 692. The first-order valence-electron chi connectivity index (χ1n) is 9.05. The highest BCUT2D eigenvalue weighted by Gasteiger charge is 2.22. The Morgan fingerprint density at radius 3 is 2.80 bits per heavy atom. The number of nitrogens with one attached hydrogen (secondary N) is 1. The van der Waals surface area contributed by atoms with Crippen molar-refractivity contribution in [3.8, 4) is 0 Å². The second-order valence-electron chi connectivity index (χ2n) is 7.04. The maximum absolute atomic E-state index is 12.4. The summed E-state index contributed by atoms with van der Waals surface area (Å²) in [6.07, 6.45) is 1.31. The van der Waals surface area contributed by atoms with E-state index in [4.69, 9.17) is 9.26 Å². The number of ether oxygens (including phenoxy) is 1. The number of hydrogen-bond donors (Lipinski definition) is 1. The van der Waals surface area contributed by atoms with Gasteiger partial charge in [-0.3, -0.25) is 9.69 Å². The summed E-state index contributed by atoms with van der Waals surface area (Å²) in [4.78, 5) is 14.8. The van der Waals surface area contributed by atoms with Gasteiger partial charge in [-0.25, -0.2) is 0 Å². The molecule has 1 N–H and O–H groups in total. The van der Waals surface area contributed by atoms with Crippen molar-refractivity contribution in [1.29, 1.82) is 0 Å². The van der Waals surface area contributed by atoms with Crippen LogP contribution in [0.2, 0.25) is 0 Å². The first-order valence-corrected chi connectivity index (χ1v) is 9.05. The second kappa shape index (κ2) is 8.45. The highest BCUT2D eigenvalue weighted by Crippen LogP contribution is 2.18. The lowest BCUT2D eigenvalue weighted by Crippen LogP contribution is -2.49. The van der Waals surface area contributed by atoms with Crippen LogP contribution in [0.3, 0.4) is 0 Å². The topological polar surface area (TPSA) is 67.6 Å². The lowest BCUT2D eigenvalue weighted by molar-refractivity contribution is -0.120. The van der Waals surface area contributed by atoms with E-state index >= 15 is 0 Å². The SMILES string of the molecule is CC(C)CC(CNC(=O)Cc1noc2ccccc12)N1CCOCC1.